The van der Waals surface area contributed by atoms with Crippen molar-refractivity contribution in [2.45, 2.75) is 19.8 Å². The number of nitriles is 1. The SMILES string of the molecule is Cc1cc(F)ccc1NCCCC#N. The molecule has 1 rings (SSSR count). The molecule has 2 nitrogen and oxygen atoms in total. The van der Waals surface area contributed by atoms with Gasteiger partial charge in [-0.1, -0.05) is 0 Å². The first-order valence-electron chi connectivity index (χ1n) is 4.61. The summed E-state index contributed by atoms with van der Waals surface area (Å²) in [6.45, 7) is 2.61. The Morgan fingerprint density at radius 3 is 2.93 bits per heavy atom. The summed E-state index contributed by atoms with van der Waals surface area (Å²) in [5.74, 6) is -0.218. The van der Waals surface area contributed by atoms with E-state index in [9.17, 15) is 4.39 Å². The molecule has 0 aliphatic rings. The van der Waals surface area contributed by atoms with Crippen LogP contribution in [0.15, 0.2) is 18.2 Å². The smallest absolute Gasteiger partial charge is 0.123 e. The lowest BCUT2D eigenvalue weighted by Crippen LogP contribution is -2.02. The van der Waals surface area contributed by atoms with E-state index in [2.05, 4.69) is 11.4 Å². The molecule has 0 bridgehead atoms. The van der Waals surface area contributed by atoms with Gasteiger partial charge in [0, 0.05) is 18.7 Å². The van der Waals surface area contributed by atoms with E-state index in [1.165, 1.54) is 12.1 Å². The van der Waals surface area contributed by atoms with E-state index >= 15 is 0 Å². The Hall–Kier alpha value is -1.56. The minimum absolute atomic E-state index is 0.218. The van der Waals surface area contributed by atoms with Crippen molar-refractivity contribution in [3.05, 3.63) is 29.6 Å². The van der Waals surface area contributed by atoms with Gasteiger partial charge in [-0.25, -0.2) is 4.39 Å². The number of hydrogen-bond donors (Lipinski definition) is 1. The lowest BCUT2D eigenvalue weighted by Gasteiger charge is -2.07. The summed E-state index contributed by atoms with van der Waals surface area (Å²) in [5.41, 5.74) is 1.83. The highest BCUT2D eigenvalue weighted by atomic mass is 19.1. The van der Waals surface area contributed by atoms with Gasteiger partial charge in [-0.15, -0.1) is 0 Å². The van der Waals surface area contributed by atoms with Crippen molar-refractivity contribution >= 4 is 5.69 Å². The number of hydrogen-bond acceptors (Lipinski definition) is 2. The van der Waals surface area contributed by atoms with Crippen molar-refractivity contribution in [1.29, 1.82) is 5.26 Å². The fourth-order valence-electron chi connectivity index (χ4n) is 1.22. The summed E-state index contributed by atoms with van der Waals surface area (Å²) in [4.78, 5) is 0. The minimum atomic E-state index is -0.218. The Morgan fingerprint density at radius 1 is 1.50 bits per heavy atom. The fraction of sp³-hybridized carbons (Fsp3) is 0.364. The summed E-state index contributed by atoms with van der Waals surface area (Å²) in [7, 11) is 0. The van der Waals surface area contributed by atoms with E-state index < -0.39 is 0 Å². The second-order valence-corrected chi connectivity index (χ2v) is 3.15. The predicted octanol–water partition coefficient (Wildman–Crippen LogP) is 2.85. The Balaban J connectivity index is 2.47. The number of halogens is 1. The van der Waals surface area contributed by atoms with Crippen LogP contribution in [0.3, 0.4) is 0 Å². The normalized spacial score (nSPS) is 9.50. The molecule has 74 valence electrons. The molecule has 0 heterocycles. The second-order valence-electron chi connectivity index (χ2n) is 3.15. The zero-order valence-corrected chi connectivity index (χ0v) is 8.18. The van der Waals surface area contributed by atoms with Gasteiger partial charge in [0.2, 0.25) is 0 Å². The van der Waals surface area contributed by atoms with Crippen LogP contribution in [0.2, 0.25) is 0 Å². The topological polar surface area (TPSA) is 35.8 Å². The molecule has 1 aromatic carbocycles. The first-order chi connectivity index (χ1) is 6.74. The molecule has 0 spiro atoms. The zero-order chi connectivity index (χ0) is 10.4. The molecule has 0 fully saturated rings. The molecule has 0 radical (unpaired) electrons. The average Bonchev–Trinajstić information content (AvgIpc) is 2.15. The van der Waals surface area contributed by atoms with Crippen LogP contribution in [0.25, 0.3) is 0 Å². The molecular formula is C11H13FN2. The Labute approximate surface area is 83.4 Å². The summed E-state index contributed by atoms with van der Waals surface area (Å²) >= 11 is 0. The van der Waals surface area contributed by atoms with Crippen LogP contribution in [0.1, 0.15) is 18.4 Å². The van der Waals surface area contributed by atoms with E-state index in [0.29, 0.717) is 6.42 Å². The monoisotopic (exact) mass is 192 g/mol. The van der Waals surface area contributed by atoms with Crippen LogP contribution in [0.5, 0.6) is 0 Å². The van der Waals surface area contributed by atoms with E-state index in [4.69, 9.17) is 5.26 Å². The van der Waals surface area contributed by atoms with Crippen molar-refractivity contribution in [2.75, 3.05) is 11.9 Å². The van der Waals surface area contributed by atoms with Gasteiger partial charge in [0.15, 0.2) is 0 Å². The van der Waals surface area contributed by atoms with Crippen LogP contribution in [-0.2, 0) is 0 Å². The third-order valence-electron chi connectivity index (χ3n) is 1.97. The Bertz CT molecular complexity index is 342. The molecule has 1 aromatic rings. The van der Waals surface area contributed by atoms with Crippen LogP contribution in [-0.4, -0.2) is 6.54 Å². The molecule has 0 amide bonds. The highest BCUT2D eigenvalue weighted by molar-refractivity contribution is 5.50. The van der Waals surface area contributed by atoms with Gasteiger partial charge >= 0.3 is 0 Å². The summed E-state index contributed by atoms with van der Waals surface area (Å²) in [5, 5.41) is 11.5. The van der Waals surface area contributed by atoms with Crippen LogP contribution >= 0.6 is 0 Å². The molecule has 3 heteroatoms. The second kappa shape index (κ2) is 5.23. The van der Waals surface area contributed by atoms with Crippen molar-refractivity contribution in [3.63, 3.8) is 0 Å². The van der Waals surface area contributed by atoms with Gasteiger partial charge < -0.3 is 5.32 Å². The average molecular weight is 192 g/mol. The van der Waals surface area contributed by atoms with Crippen molar-refractivity contribution in [2.24, 2.45) is 0 Å². The molecule has 0 saturated heterocycles. The Morgan fingerprint density at radius 2 is 2.29 bits per heavy atom. The van der Waals surface area contributed by atoms with Gasteiger partial charge in [0.1, 0.15) is 5.82 Å². The number of nitrogens with zero attached hydrogens (tertiary/aromatic N) is 1. The Kier molecular flexibility index (Phi) is 3.93. The van der Waals surface area contributed by atoms with E-state index in [0.717, 1.165) is 24.2 Å². The zero-order valence-electron chi connectivity index (χ0n) is 8.18. The third-order valence-corrected chi connectivity index (χ3v) is 1.97. The lowest BCUT2D eigenvalue weighted by atomic mass is 10.2. The molecule has 0 aliphatic heterocycles. The first-order valence-corrected chi connectivity index (χ1v) is 4.61. The van der Waals surface area contributed by atoms with Crippen LogP contribution in [0, 0.1) is 24.1 Å². The standard InChI is InChI=1S/C11H13FN2/c1-9-8-10(12)4-5-11(9)14-7-3-2-6-13/h4-5,8,14H,2-3,7H2,1H3. The van der Waals surface area contributed by atoms with Crippen molar-refractivity contribution in [1.82, 2.24) is 0 Å². The summed E-state index contributed by atoms with van der Waals surface area (Å²) < 4.78 is 12.7. The minimum Gasteiger partial charge on any atom is -0.385 e. The van der Waals surface area contributed by atoms with E-state index in [-0.39, 0.29) is 5.82 Å². The summed E-state index contributed by atoms with van der Waals surface area (Å²) in [6.07, 6.45) is 1.36. The van der Waals surface area contributed by atoms with Gasteiger partial charge in [-0.3, -0.25) is 0 Å². The number of nitrogens with one attached hydrogen (secondary N) is 1. The van der Waals surface area contributed by atoms with Crippen molar-refractivity contribution < 1.29 is 4.39 Å². The molecule has 0 aliphatic carbocycles. The maximum Gasteiger partial charge on any atom is 0.123 e. The first kappa shape index (κ1) is 10.5. The molecule has 14 heavy (non-hydrogen) atoms. The van der Waals surface area contributed by atoms with Gasteiger partial charge in [-0.2, -0.15) is 5.26 Å². The van der Waals surface area contributed by atoms with E-state index in [1.807, 2.05) is 6.92 Å². The third kappa shape index (κ3) is 3.06. The quantitative estimate of drug-likeness (QED) is 0.744. The highest BCUT2D eigenvalue weighted by Crippen LogP contribution is 2.15. The molecule has 0 unspecified atom stereocenters. The number of rotatable bonds is 4. The summed E-state index contributed by atoms with van der Waals surface area (Å²) in [6, 6.07) is 6.72. The molecule has 0 atom stereocenters. The van der Waals surface area contributed by atoms with Gasteiger partial charge in [-0.05, 0) is 37.1 Å². The van der Waals surface area contributed by atoms with E-state index in [1.54, 1.807) is 6.07 Å². The molecule has 0 aromatic heterocycles. The fourth-order valence-corrected chi connectivity index (χ4v) is 1.22. The van der Waals surface area contributed by atoms with Crippen LogP contribution < -0.4 is 5.32 Å². The van der Waals surface area contributed by atoms with Crippen LogP contribution in [0.4, 0.5) is 10.1 Å². The maximum atomic E-state index is 12.7. The predicted molar refractivity (Wildman–Crippen MR) is 54.5 cm³/mol. The van der Waals surface area contributed by atoms with Gasteiger partial charge in [0.25, 0.3) is 0 Å². The number of unbranched alkanes of at least 4 members (excludes halogenated alkanes) is 1. The van der Waals surface area contributed by atoms with Crippen molar-refractivity contribution in [3.8, 4) is 6.07 Å². The van der Waals surface area contributed by atoms with Gasteiger partial charge in [0.05, 0.1) is 6.07 Å². The highest BCUT2D eigenvalue weighted by Gasteiger charge is 1.98. The maximum absolute atomic E-state index is 12.7. The molecular weight excluding hydrogens is 179 g/mol. The molecule has 0 saturated carbocycles. The molecule has 1 N–H and O–H groups in total. The lowest BCUT2D eigenvalue weighted by molar-refractivity contribution is 0.627. The number of benzene rings is 1. The number of anilines is 1. The number of aryl methyl sites for hydroxylation is 1. The largest absolute Gasteiger partial charge is 0.385 e.